The minimum atomic E-state index is -2.30. The quantitative estimate of drug-likeness (QED) is 0.272. The number of halogens is 1. The zero-order valence-electron chi connectivity index (χ0n) is 3.96. The molecule has 0 bridgehead atoms. The molecule has 0 rings (SSSR count). The van der Waals surface area contributed by atoms with Gasteiger partial charge in [0, 0.05) is 11.3 Å². The lowest BCUT2D eigenvalue weighted by Gasteiger charge is -2.07. The van der Waals surface area contributed by atoms with Gasteiger partial charge in [-0.1, -0.05) is 6.08 Å². The molecule has 0 aliphatic carbocycles. The molecule has 0 aromatic carbocycles. The largest absolute Gasteiger partial charge is 0.760 e. The molecular formula is C3H5ClNO2S-. The topological polar surface area (TPSA) is 52.2 Å². The maximum absolute atomic E-state index is 9.73. The van der Waals surface area contributed by atoms with Crippen LogP contribution in [-0.4, -0.2) is 14.3 Å². The maximum atomic E-state index is 9.73. The Morgan fingerprint density at radius 1 is 2.00 bits per heavy atom. The standard InChI is InChI=1S/C3H6ClNO2S/c1-2-3(4)5-8(6)7/h2-3,5H,1H2,(H,6,7)/p-1. The molecule has 0 aromatic rings. The molecule has 8 heavy (non-hydrogen) atoms. The molecule has 0 fully saturated rings. The monoisotopic (exact) mass is 154 g/mol. The highest BCUT2D eigenvalue weighted by Crippen LogP contribution is 1.89. The lowest BCUT2D eigenvalue weighted by molar-refractivity contribution is 0.524. The highest BCUT2D eigenvalue weighted by atomic mass is 35.5. The van der Waals surface area contributed by atoms with Crippen molar-refractivity contribution in [2.24, 2.45) is 0 Å². The van der Waals surface area contributed by atoms with E-state index in [0.29, 0.717) is 0 Å². The summed E-state index contributed by atoms with van der Waals surface area (Å²) in [7, 11) is 0. The Morgan fingerprint density at radius 2 is 2.50 bits per heavy atom. The van der Waals surface area contributed by atoms with E-state index in [1.54, 1.807) is 0 Å². The first-order valence-electron chi connectivity index (χ1n) is 1.79. The summed E-state index contributed by atoms with van der Waals surface area (Å²) < 4.78 is 21.4. The molecule has 0 spiro atoms. The Bertz CT molecular complexity index is 107. The van der Waals surface area contributed by atoms with Crippen molar-refractivity contribution in [3.05, 3.63) is 12.7 Å². The van der Waals surface area contributed by atoms with Gasteiger partial charge in [-0.3, -0.25) is 4.21 Å². The Labute approximate surface area is 55.1 Å². The number of hydrogen-bond acceptors (Lipinski definition) is 2. The summed E-state index contributed by atoms with van der Waals surface area (Å²) in [6.45, 7) is 3.25. The molecule has 0 saturated heterocycles. The molecule has 2 unspecified atom stereocenters. The molecule has 0 saturated carbocycles. The average molecular weight is 155 g/mol. The zero-order chi connectivity index (χ0) is 6.57. The fourth-order valence-corrected chi connectivity index (χ4v) is 0.638. The Kier molecular flexibility index (Phi) is 4.08. The van der Waals surface area contributed by atoms with Crippen molar-refractivity contribution < 1.29 is 8.76 Å². The van der Waals surface area contributed by atoms with Gasteiger partial charge in [-0.2, -0.15) is 0 Å². The van der Waals surface area contributed by atoms with Gasteiger partial charge in [0.1, 0.15) is 5.50 Å². The van der Waals surface area contributed by atoms with Crippen LogP contribution in [0.2, 0.25) is 0 Å². The SMILES string of the molecule is C=CC(Cl)NS(=O)[O-]. The Balaban J connectivity index is 3.38. The van der Waals surface area contributed by atoms with Gasteiger partial charge in [0.25, 0.3) is 0 Å². The van der Waals surface area contributed by atoms with E-state index in [1.807, 2.05) is 4.72 Å². The van der Waals surface area contributed by atoms with Crippen LogP contribution in [0.25, 0.3) is 0 Å². The first-order chi connectivity index (χ1) is 3.66. The third-order valence-corrected chi connectivity index (χ3v) is 1.28. The van der Waals surface area contributed by atoms with Gasteiger partial charge in [-0.25, -0.2) is 4.72 Å². The van der Waals surface area contributed by atoms with E-state index >= 15 is 0 Å². The van der Waals surface area contributed by atoms with Crippen LogP contribution in [0.4, 0.5) is 0 Å². The van der Waals surface area contributed by atoms with Crippen molar-refractivity contribution in [1.82, 2.24) is 4.72 Å². The van der Waals surface area contributed by atoms with Gasteiger partial charge in [-0.15, -0.1) is 18.2 Å². The summed E-state index contributed by atoms with van der Waals surface area (Å²) in [5.74, 6) is 0. The molecule has 0 aromatic heterocycles. The lowest BCUT2D eigenvalue weighted by Crippen LogP contribution is -2.23. The third kappa shape index (κ3) is 4.26. The van der Waals surface area contributed by atoms with Crippen LogP contribution >= 0.6 is 11.6 Å². The van der Waals surface area contributed by atoms with Gasteiger partial charge in [-0.05, 0) is 0 Å². The maximum Gasteiger partial charge on any atom is 0.111 e. The van der Waals surface area contributed by atoms with E-state index in [2.05, 4.69) is 6.58 Å². The Morgan fingerprint density at radius 3 is 2.62 bits per heavy atom. The number of nitrogens with one attached hydrogen (secondary N) is 1. The van der Waals surface area contributed by atoms with E-state index < -0.39 is 16.8 Å². The van der Waals surface area contributed by atoms with Crippen molar-refractivity contribution in [1.29, 1.82) is 0 Å². The van der Waals surface area contributed by atoms with E-state index in [1.165, 1.54) is 6.08 Å². The number of alkyl halides is 1. The average Bonchev–Trinajstić information content (AvgIpc) is 1.65. The molecule has 0 heterocycles. The van der Waals surface area contributed by atoms with Crippen LogP contribution < -0.4 is 4.72 Å². The normalized spacial score (nSPS) is 17.2. The summed E-state index contributed by atoms with van der Waals surface area (Å²) >= 11 is 2.94. The summed E-state index contributed by atoms with van der Waals surface area (Å²) in [6, 6.07) is 0. The molecule has 0 aliphatic rings. The second kappa shape index (κ2) is 4.03. The van der Waals surface area contributed by atoms with Crippen molar-refractivity contribution in [2.75, 3.05) is 0 Å². The van der Waals surface area contributed by atoms with Crippen LogP contribution in [0, 0.1) is 0 Å². The van der Waals surface area contributed by atoms with E-state index in [0.717, 1.165) is 0 Å². The molecule has 3 nitrogen and oxygen atoms in total. The number of rotatable bonds is 3. The fourth-order valence-electron chi connectivity index (χ4n) is 0.140. The zero-order valence-corrected chi connectivity index (χ0v) is 5.54. The predicted molar refractivity (Wildman–Crippen MR) is 31.9 cm³/mol. The molecule has 0 radical (unpaired) electrons. The summed E-state index contributed by atoms with van der Waals surface area (Å²) in [6.07, 6.45) is 1.28. The van der Waals surface area contributed by atoms with Gasteiger partial charge < -0.3 is 4.55 Å². The predicted octanol–water partition coefficient (Wildman–Crippen LogP) is 0.121. The molecule has 48 valence electrons. The minimum absolute atomic E-state index is 0.701. The molecule has 0 aliphatic heterocycles. The second-order valence-corrected chi connectivity index (χ2v) is 2.17. The van der Waals surface area contributed by atoms with Gasteiger partial charge in [0.15, 0.2) is 0 Å². The Hall–Kier alpha value is 0.1000. The molecule has 1 N–H and O–H groups in total. The fraction of sp³-hybridized carbons (Fsp3) is 0.333. The minimum Gasteiger partial charge on any atom is -0.760 e. The van der Waals surface area contributed by atoms with E-state index in [4.69, 9.17) is 11.6 Å². The first-order valence-corrected chi connectivity index (χ1v) is 3.30. The number of hydrogen-bond donors (Lipinski definition) is 1. The highest BCUT2D eigenvalue weighted by Gasteiger charge is 1.92. The van der Waals surface area contributed by atoms with Crippen LogP contribution in [0.1, 0.15) is 0 Å². The van der Waals surface area contributed by atoms with E-state index in [-0.39, 0.29) is 0 Å². The van der Waals surface area contributed by atoms with E-state index in [9.17, 15) is 8.76 Å². The molecule has 5 heteroatoms. The summed E-state index contributed by atoms with van der Waals surface area (Å²) in [4.78, 5) is 0. The van der Waals surface area contributed by atoms with Crippen molar-refractivity contribution in [2.45, 2.75) is 5.50 Å². The van der Waals surface area contributed by atoms with Crippen LogP contribution in [-0.2, 0) is 11.3 Å². The third-order valence-electron chi connectivity index (χ3n) is 0.416. The second-order valence-electron chi connectivity index (χ2n) is 0.990. The van der Waals surface area contributed by atoms with Gasteiger partial charge in [0.05, 0.1) is 0 Å². The van der Waals surface area contributed by atoms with Crippen molar-refractivity contribution in [3.63, 3.8) is 0 Å². The van der Waals surface area contributed by atoms with Crippen molar-refractivity contribution in [3.8, 4) is 0 Å². The molecular weight excluding hydrogens is 150 g/mol. The summed E-state index contributed by atoms with van der Waals surface area (Å²) in [5.41, 5.74) is -0.701. The lowest BCUT2D eigenvalue weighted by atomic mass is 10.7. The highest BCUT2D eigenvalue weighted by molar-refractivity contribution is 7.77. The van der Waals surface area contributed by atoms with Gasteiger partial charge in [0.2, 0.25) is 0 Å². The smallest absolute Gasteiger partial charge is 0.111 e. The van der Waals surface area contributed by atoms with Gasteiger partial charge >= 0.3 is 0 Å². The first kappa shape index (κ1) is 8.10. The molecule has 2 atom stereocenters. The van der Waals surface area contributed by atoms with Crippen LogP contribution in [0.5, 0.6) is 0 Å². The van der Waals surface area contributed by atoms with Crippen molar-refractivity contribution >= 4 is 22.9 Å². The molecule has 0 amide bonds. The van der Waals surface area contributed by atoms with Crippen LogP contribution in [0.15, 0.2) is 12.7 Å². The summed E-state index contributed by atoms with van der Waals surface area (Å²) in [5, 5.41) is 0. The van der Waals surface area contributed by atoms with Crippen LogP contribution in [0.3, 0.4) is 0 Å².